The van der Waals surface area contributed by atoms with Gasteiger partial charge >= 0.3 is 0 Å². The van der Waals surface area contributed by atoms with E-state index in [1.165, 1.54) is 5.56 Å². The molecule has 22 heavy (non-hydrogen) atoms. The van der Waals surface area contributed by atoms with Gasteiger partial charge in [0.05, 0.1) is 29.6 Å². The molecule has 4 rings (SSSR count). The fourth-order valence-electron chi connectivity index (χ4n) is 2.69. The molecule has 0 radical (unpaired) electrons. The molecule has 5 nitrogen and oxygen atoms in total. The molecule has 3 aromatic rings. The summed E-state index contributed by atoms with van der Waals surface area (Å²) in [6.45, 7) is 0.834. The Morgan fingerprint density at radius 2 is 2.23 bits per heavy atom. The van der Waals surface area contributed by atoms with Gasteiger partial charge in [-0.25, -0.2) is 9.98 Å². The van der Waals surface area contributed by atoms with E-state index in [1.807, 2.05) is 37.7 Å². The maximum absolute atomic E-state index is 4.60. The highest BCUT2D eigenvalue weighted by Gasteiger charge is 2.18. The number of benzene rings is 2. The van der Waals surface area contributed by atoms with Gasteiger partial charge in [0, 0.05) is 29.3 Å². The molecule has 1 aliphatic heterocycles. The number of hydrogen-bond donors (Lipinski definition) is 2. The number of H-pyrrole nitrogens is 1. The highest BCUT2D eigenvalue weighted by atomic mass is 79.9. The van der Waals surface area contributed by atoms with E-state index in [0.717, 1.165) is 39.1 Å². The van der Waals surface area contributed by atoms with Gasteiger partial charge < -0.3 is 15.2 Å². The molecule has 0 aliphatic carbocycles. The summed E-state index contributed by atoms with van der Waals surface area (Å²) in [6.07, 6.45) is 3.57. The summed E-state index contributed by atoms with van der Waals surface area (Å²) in [6, 6.07) is 10.2. The number of nitrogens with one attached hydrogen (secondary N) is 2. The van der Waals surface area contributed by atoms with Gasteiger partial charge in [-0.15, -0.1) is 0 Å². The van der Waals surface area contributed by atoms with E-state index in [-0.39, 0.29) is 0 Å². The Morgan fingerprint density at radius 3 is 3.09 bits per heavy atom. The Hall–Kier alpha value is -2.34. The summed E-state index contributed by atoms with van der Waals surface area (Å²) in [7, 11) is 2.02. The largest absolute Gasteiger partial charge is 0.361 e. The van der Waals surface area contributed by atoms with Crippen LogP contribution < -0.4 is 5.32 Å². The zero-order chi connectivity index (χ0) is 15.1. The summed E-state index contributed by atoms with van der Waals surface area (Å²) < 4.78 is 1.03. The number of fused-ring (bicyclic) bond motifs is 2. The Morgan fingerprint density at radius 1 is 1.32 bits per heavy atom. The van der Waals surface area contributed by atoms with E-state index in [0.29, 0.717) is 0 Å². The molecule has 0 atom stereocenters. The quantitative estimate of drug-likeness (QED) is 0.725. The first-order valence-corrected chi connectivity index (χ1v) is 7.76. The molecule has 0 spiro atoms. The van der Waals surface area contributed by atoms with E-state index in [9.17, 15) is 0 Å². The topological polar surface area (TPSA) is 56.3 Å². The minimum atomic E-state index is 0.834. The van der Waals surface area contributed by atoms with Crippen LogP contribution in [-0.2, 0) is 6.54 Å². The van der Waals surface area contributed by atoms with Gasteiger partial charge in [0.15, 0.2) is 0 Å². The average molecular weight is 356 g/mol. The fraction of sp³-hybridized carbons (Fsp3) is 0.125. The third-order valence-corrected chi connectivity index (χ3v) is 4.16. The third-order valence-electron chi connectivity index (χ3n) is 3.66. The van der Waals surface area contributed by atoms with Gasteiger partial charge in [-0.3, -0.25) is 0 Å². The zero-order valence-corrected chi connectivity index (χ0v) is 13.6. The monoisotopic (exact) mass is 355 g/mol. The number of aromatic amines is 1. The van der Waals surface area contributed by atoms with Crippen molar-refractivity contribution in [2.45, 2.75) is 6.54 Å². The molecule has 1 aromatic heterocycles. The molecular formula is C16H14BrN5. The van der Waals surface area contributed by atoms with Crippen LogP contribution in [0.5, 0.6) is 0 Å². The van der Waals surface area contributed by atoms with Crippen LogP contribution >= 0.6 is 15.9 Å². The second-order valence-electron chi connectivity index (χ2n) is 5.35. The van der Waals surface area contributed by atoms with Crippen molar-refractivity contribution < 1.29 is 0 Å². The van der Waals surface area contributed by atoms with Crippen LogP contribution in [0, 0.1) is 0 Å². The molecule has 110 valence electrons. The van der Waals surface area contributed by atoms with Crippen LogP contribution in [0.25, 0.3) is 11.0 Å². The number of halogens is 1. The summed E-state index contributed by atoms with van der Waals surface area (Å²) in [5.74, 6) is 0. The number of hydrogen-bond acceptors (Lipinski definition) is 4. The molecule has 2 aromatic carbocycles. The molecule has 2 heterocycles. The molecule has 0 saturated carbocycles. The van der Waals surface area contributed by atoms with E-state index < -0.39 is 0 Å². The van der Waals surface area contributed by atoms with E-state index in [4.69, 9.17) is 0 Å². The van der Waals surface area contributed by atoms with E-state index in [1.54, 1.807) is 6.33 Å². The molecule has 0 saturated heterocycles. The van der Waals surface area contributed by atoms with Gasteiger partial charge in [0.2, 0.25) is 0 Å². The van der Waals surface area contributed by atoms with Crippen LogP contribution in [0.2, 0.25) is 0 Å². The normalized spacial score (nSPS) is 13.5. The van der Waals surface area contributed by atoms with Crippen LogP contribution in [0.4, 0.5) is 17.1 Å². The van der Waals surface area contributed by atoms with Crippen LogP contribution in [0.3, 0.4) is 0 Å². The summed E-state index contributed by atoms with van der Waals surface area (Å²) in [5, 5.41) is 3.47. The molecule has 1 aliphatic rings. The Balaban J connectivity index is 1.89. The van der Waals surface area contributed by atoms with E-state index >= 15 is 0 Å². The molecule has 0 bridgehead atoms. The minimum absolute atomic E-state index is 0.834. The van der Waals surface area contributed by atoms with Crippen molar-refractivity contribution in [2.75, 3.05) is 12.4 Å². The predicted octanol–water partition coefficient (Wildman–Crippen LogP) is 4.17. The Kier molecular flexibility index (Phi) is 3.11. The standard InChI is InChI=1S/C16H14BrN5/c1-22-7-10-5-13-15(19-8-18-13)16(14(10)20-9-22)21-12-4-2-3-11(17)6-12/h2-6,8-9,21H,7H2,1H3,(H,18,19). The van der Waals surface area contributed by atoms with Crippen LogP contribution in [0.1, 0.15) is 5.56 Å². The fourth-order valence-corrected chi connectivity index (χ4v) is 3.09. The number of nitrogens with zero attached hydrogens (tertiary/aromatic N) is 3. The maximum atomic E-state index is 4.60. The molecule has 6 heteroatoms. The van der Waals surface area contributed by atoms with Gasteiger partial charge in [-0.1, -0.05) is 22.0 Å². The number of imidazole rings is 1. The lowest BCUT2D eigenvalue weighted by atomic mass is 10.1. The zero-order valence-electron chi connectivity index (χ0n) is 12.0. The SMILES string of the molecule is CN1C=Nc2c(cc3[nH]cnc3c2Nc2cccc(Br)c2)C1. The third kappa shape index (κ3) is 2.25. The number of aliphatic imine (C=N–C) groups is 1. The lowest BCUT2D eigenvalue weighted by molar-refractivity contribution is 0.509. The smallest absolute Gasteiger partial charge is 0.114 e. The van der Waals surface area contributed by atoms with Gasteiger partial charge in [0.25, 0.3) is 0 Å². The van der Waals surface area contributed by atoms with Gasteiger partial charge in [0.1, 0.15) is 5.52 Å². The lowest BCUT2D eigenvalue weighted by Crippen LogP contribution is -2.18. The number of aromatic nitrogens is 2. The summed E-state index contributed by atoms with van der Waals surface area (Å²) in [5.41, 5.74) is 6.00. The first-order valence-electron chi connectivity index (χ1n) is 6.97. The van der Waals surface area contributed by atoms with Crippen molar-refractivity contribution in [1.29, 1.82) is 0 Å². The van der Waals surface area contributed by atoms with Crippen LogP contribution in [0.15, 0.2) is 46.1 Å². The maximum Gasteiger partial charge on any atom is 0.114 e. The van der Waals surface area contributed by atoms with Crippen molar-refractivity contribution >= 4 is 50.4 Å². The lowest BCUT2D eigenvalue weighted by Gasteiger charge is -2.22. The minimum Gasteiger partial charge on any atom is -0.361 e. The molecule has 0 unspecified atom stereocenters. The first-order chi connectivity index (χ1) is 10.7. The second kappa shape index (κ2) is 5.14. The van der Waals surface area contributed by atoms with Crippen LogP contribution in [-0.4, -0.2) is 28.3 Å². The number of rotatable bonds is 2. The van der Waals surface area contributed by atoms with Crippen molar-refractivity contribution in [2.24, 2.45) is 4.99 Å². The highest BCUT2D eigenvalue weighted by Crippen LogP contribution is 2.39. The Bertz CT molecular complexity index is 883. The van der Waals surface area contributed by atoms with Gasteiger partial charge in [-0.05, 0) is 24.3 Å². The van der Waals surface area contributed by atoms with Crippen molar-refractivity contribution in [3.8, 4) is 0 Å². The predicted molar refractivity (Wildman–Crippen MR) is 93.1 cm³/mol. The van der Waals surface area contributed by atoms with Crippen molar-refractivity contribution in [1.82, 2.24) is 14.9 Å². The van der Waals surface area contributed by atoms with E-state index in [2.05, 4.69) is 47.2 Å². The average Bonchev–Trinajstić information content (AvgIpc) is 2.95. The molecular weight excluding hydrogens is 342 g/mol. The number of anilines is 2. The molecule has 0 amide bonds. The van der Waals surface area contributed by atoms with Gasteiger partial charge in [-0.2, -0.15) is 0 Å². The highest BCUT2D eigenvalue weighted by molar-refractivity contribution is 9.10. The first kappa shape index (κ1) is 13.3. The molecule has 2 N–H and O–H groups in total. The van der Waals surface area contributed by atoms with Crippen molar-refractivity contribution in [3.05, 3.63) is 46.7 Å². The summed E-state index contributed by atoms with van der Waals surface area (Å²) in [4.78, 5) is 14.3. The summed E-state index contributed by atoms with van der Waals surface area (Å²) >= 11 is 3.50. The van der Waals surface area contributed by atoms with Crippen molar-refractivity contribution in [3.63, 3.8) is 0 Å². The molecule has 0 fully saturated rings. The second-order valence-corrected chi connectivity index (χ2v) is 6.27. The Labute approximate surface area is 136 Å².